The first-order valence-corrected chi connectivity index (χ1v) is 9.40. The lowest BCUT2D eigenvalue weighted by Gasteiger charge is -2.22. The second-order valence-corrected chi connectivity index (χ2v) is 7.40. The van der Waals surface area contributed by atoms with Gasteiger partial charge in [0.1, 0.15) is 23.1 Å². The van der Waals surface area contributed by atoms with Gasteiger partial charge in [-0.05, 0) is 36.8 Å². The number of nitrogens with one attached hydrogen (secondary N) is 2. The van der Waals surface area contributed by atoms with E-state index in [-0.39, 0.29) is 0 Å². The van der Waals surface area contributed by atoms with Gasteiger partial charge in [0.15, 0.2) is 0 Å². The summed E-state index contributed by atoms with van der Waals surface area (Å²) >= 11 is 6.93. The number of nitrogens with zero attached hydrogens (tertiary/aromatic N) is 3. The fourth-order valence-electron chi connectivity index (χ4n) is 3.06. The van der Waals surface area contributed by atoms with Crippen molar-refractivity contribution in [3.05, 3.63) is 53.1 Å². The van der Waals surface area contributed by atoms with Crippen molar-refractivity contribution in [2.75, 3.05) is 11.9 Å². The van der Waals surface area contributed by atoms with Crippen molar-refractivity contribution in [1.29, 1.82) is 0 Å². The predicted octanol–water partition coefficient (Wildman–Crippen LogP) is 2.75. The smallest absolute Gasteiger partial charge is 0.323 e. The standard InChI is InChI=1S/C18H14ClN5O3S/c1-18(10-5-7-11(19)8-6-10)16(26)24(17(27)21-18)9-14(25)20-12-3-2-4-13-15(12)23-28-22-13/h2-8H,9H2,1H3,(H,20,25)(H,21,27). The molecule has 142 valence electrons. The normalized spacial score (nSPS) is 19.1. The van der Waals surface area contributed by atoms with Gasteiger partial charge in [-0.25, -0.2) is 4.79 Å². The molecule has 0 radical (unpaired) electrons. The Bertz CT molecular complexity index is 1100. The summed E-state index contributed by atoms with van der Waals surface area (Å²) in [6.45, 7) is 1.18. The molecule has 2 heterocycles. The van der Waals surface area contributed by atoms with Gasteiger partial charge in [-0.3, -0.25) is 14.5 Å². The van der Waals surface area contributed by atoms with Gasteiger partial charge in [0.2, 0.25) is 5.91 Å². The Hall–Kier alpha value is -3.04. The first kappa shape index (κ1) is 18.3. The van der Waals surface area contributed by atoms with Crippen molar-refractivity contribution >= 4 is 57.9 Å². The lowest BCUT2D eigenvalue weighted by Crippen LogP contribution is -2.42. The first-order chi connectivity index (χ1) is 13.4. The highest BCUT2D eigenvalue weighted by Gasteiger charge is 2.49. The van der Waals surface area contributed by atoms with E-state index in [1.165, 1.54) is 0 Å². The molecular formula is C18H14ClN5O3S. The van der Waals surface area contributed by atoms with E-state index in [1.54, 1.807) is 49.4 Å². The molecule has 1 atom stereocenters. The third kappa shape index (κ3) is 3.08. The molecule has 3 aromatic rings. The van der Waals surface area contributed by atoms with Gasteiger partial charge < -0.3 is 10.6 Å². The monoisotopic (exact) mass is 415 g/mol. The Morgan fingerprint density at radius 1 is 1.21 bits per heavy atom. The van der Waals surface area contributed by atoms with Crippen LogP contribution in [0.25, 0.3) is 11.0 Å². The van der Waals surface area contributed by atoms with Crippen molar-refractivity contribution in [3.63, 3.8) is 0 Å². The Balaban J connectivity index is 1.52. The molecule has 28 heavy (non-hydrogen) atoms. The number of carbonyl (C=O) groups excluding carboxylic acids is 3. The van der Waals surface area contributed by atoms with Crippen LogP contribution in [0.5, 0.6) is 0 Å². The molecule has 0 spiro atoms. The SMILES string of the molecule is CC1(c2ccc(Cl)cc2)NC(=O)N(CC(=O)Nc2cccc3nsnc23)C1=O. The quantitative estimate of drug-likeness (QED) is 0.637. The molecule has 0 saturated carbocycles. The number of imide groups is 1. The fraction of sp³-hybridized carbons (Fsp3) is 0.167. The summed E-state index contributed by atoms with van der Waals surface area (Å²) in [6.07, 6.45) is 0. The summed E-state index contributed by atoms with van der Waals surface area (Å²) in [6, 6.07) is 11.2. The molecule has 1 aromatic heterocycles. The topological polar surface area (TPSA) is 104 Å². The Morgan fingerprint density at radius 3 is 2.71 bits per heavy atom. The zero-order valence-electron chi connectivity index (χ0n) is 14.6. The molecule has 1 aliphatic heterocycles. The zero-order chi connectivity index (χ0) is 19.9. The average molecular weight is 416 g/mol. The number of hydrogen-bond acceptors (Lipinski definition) is 6. The second-order valence-electron chi connectivity index (χ2n) is 6.44. The van der Waals surface area contributed by atoms with E-state index in [4.69, 9.17) is 11.6 Å². The minimum atomic E-state index is -1.26. The predicted molar refractivity (Wildman–Crippen MR) is 105 cm³/mol. The highest BCUT2D eigenvalue weighted by Crippen LogP contribution is 2.29. The van der Waals surface area contributed by atoms with Crippen molar-refractivity contribution in [1.82, 2.24) is 19.0 Å². The van der Waals surface area contributed by atoms with Gasteiger partial charge in [0, 0.05) is 5.02 Å². The number of amides is 4. The third-order valence-electron chi connectivity index (χ3n) is 4.56. The number of aromatic nitrogens is 2. The van der Waals surface area contributed by atoms with Gasteiger partial charge in [0.05, 0.1) is 17.4 Å². The van der Waals surface area contributed by atoms with Crippen LogP contribution < -0.4 is 10.6 Å². The van der Waals surface area contributed by atoms with E-state index >= 15 is 0 Å². The van der Waals surface area contributed by atoms with Crippen LogP contribution >= 0.6 is 23.3 Å². The summed E-state index contributed by atoms with van der Waals surface area (Å²) in [7, 11) is 0. The molecule has 1 unspecified atom stereocenters. The van der Waals surface area contributed by atoms with Crippen molar-refractivity contribution in [3.8, 4) is 0 Å². The van der Waals surface area contributed by atoms with Crippen LogP contribution in [0.15, 0.2) is 42.5 Å². The van der Waals surface area contributed by atoms with Crippen LogP contribution in [0.2, 0.25) is 5.02 Å². The van der Waals surface area contributed by atoms with Gasteiger partial charge in [-0.2, -0.15) is 8.75 Å². The molecule has 0 aliphatic carbocycles. The molecule has 4 rings (SSSR count). The highest BCUT2D eigenvalue weighted by molar-refractivity contribution is 7.00. The van der Waals surface area contributed by atoms with Gasteiger partial charge in [-0.15, -0.1) is 0 Å². The minimum absolute atomic E-state index is 0.415. The number of fused-ring (bicyclic) bond motifs is 1. The molecule has 10 heteroatoms. The molecular weight excluding hydrogens is 402 g/mol. The zero-order valence-corrected chi connectivity index (χ0v) is 16.2. The molecule has 8 nitrogen and oxygen atoms in total. The van der Waals surface area contributed by atoms with E-state index in [9.17, 15) is 14.4 Å². The lowest BCUT2D eigenvalue weighted by molar-refractivity contribution is -0.133. The second kappa shape index (κ2) is 6.84. The van der Waals surface area contributed by atoms with Crippen molar-refractivity contribution in [2.45, 2.75) is 12.5 Å². The summed E-state index contributed by atoms with van der Waals surface area (Å²) in [5.74, 6) is -1.02. The number of halogens is 1. The number of urea groups is 1. The minimum Gasteiger partial charge on any atom is -0.323 e. The third-order valence-corrected chi connectivity index (χ3v) is 5.35. The molecule has 1 fully saturated rings. The maximum absolute atomic E-state index is 12.9. The van der Waals surface area contributed by atoms with Gasteiger partial charge in [-0.1, -0.05) is 29.8 Å². The fourth-order valence-corrected chi connectivity index (χ4v) is 3.74. The Morgan fingerprint density at radius 2 is 1.96 bits per heavy atom. The highest BCUT2D eigenvalue weighted by atomic mass is 35.5. The van der Waals surface area contributed by atoms with E-state index in [2.05, 4.69) is 19.4 Å². The van der Waals surface area contributed by atoms with E-state index in [0.29, 0.717) is 27.3 Å². The van der Waals surface area contributed by atoms with Crippen LogP contribution in [0.3, 0.4) is 0 Å². The largest absolute Gasteiger partial charge is 0.325 e. The average Bonchev–Trinajstić information content (AvgIpc) is 3.22. The summed E-state index contributed by atoms with van der Waals surface area (Å²) in [5, 5.41) is 5.86. The van der Waals surface area contributed by atoms with Crippen molar-refractivity contribution < 1.29 is 14.4 Å². The van der Waals surface area contributed by atoms with Crippen LogP contribution in [0.4, 0.5) is 10.5 Å². The summed E-state index contributed by atoms with van der Waals surface area (Å²) in [5.41, 5.74) is 1.01. The van der Waals surface area contributed by atoms with Gasteiger partial charge in [0.25, 0.3) is 5.91 Å². The molecule has 4 amide bonds. The number of carbonyl (C=O) groups is 3. The van der Waals surface area contributed by atoms with E-state index < -0.39 is 29.9 Å². The van der Waals surface area contributed by atoms with Crippen LogP contribution in [-0.2, 0) is 15.1 Å². The van der Waals surface area contributed by atoms with E-state index in [1.807, 2.05) is 0 Å². The number of hydrogen-bond donors (Lipinski definition) is 2. The molecule has 0 bridgehead atoms. The molecule has 2 aromatic carbocycles. The maximum atomic E-state index is 12.9. The molecule has 1 aliphatic rings. The molecule has 1 saturated heterocycles. The van der Waals surface area contributed by atoms with Crippen LogP contribution in [0, 0.1) is 0 Å². The number of rotatable bonds is 4. The Labute approximate surface area is 168 Å². The number of anilines is 1. The van der Waals surface area contributed by atoms with Crippen LogP contribution in [-0.4, -0.2) is 38.0 Å². The first-order valence-electron chi connectivity index (χ1n) is 8.30. The maximum Gasteiger partial charge on any atom is 0.325 e. The summed E-state index contributed by atoms with van der Waals surface area (Å²) in [4.78, 5) is 38.6. The van der Waals surface area contributed by atoms with Crippen molar-refractivity contribution in [2.24, 2.45) is 0 Å². The van der Waals surface area contributed by atoms with Crippen LogP contribution in [0.1, 0.15) is 12.5 Å². The number of benzene rings is 2. The Kier molecular flexibility index (Phi) is 4.48. The van der Waals surface area contributed by atoms with Gasteiger partial charge >= 0.3 is 6.03 Å². The lowest BCUT2D eigenvalue weighted by atomic mass is 9.92. The molecule has 2 N–H and O–H groups in total. The summed E-state index contributed by atoms with van der Waals surface area (Å²) < 4.78 is 8.26. The van der Waals surface area contributed by atoms with E-state index in [0.717, 1.165) is 16.6 Å².